The minimum atomic E-state index is -4.39. The molecular formula is C25H28F3NO6. The van der Waals surface area contributed by atoms with Crippen molar-refractivity contribution in [1.82, 2.24) is 4.90 Å². The summed E-state index contributed by atoms with van der Waals surface area (Å²) in [6.07, 6.45) is -3.47. The molecule has 0 radical (unpaired) electrons. The molecule has 7 nitrogen and oxygen atoms in total. The summed E-state index contributed by atoms with van der Waals surface area (Å²) in [5, 5.41) is 10.7. The molecule has 35 heavy (non-hydrogen) atoms. The van der Waals surface area contributed by atoms with Crippen molar-refractivity contribution in [3.05, 3.63) is 59.2 Å². The number of likely N-dealkylation sites (tertiary alicyclic amines) is 1. The Labute approximate surface area is 201 Å². The number of rotatable bonds is 8. The average Bonchev–Trinajstić information content (AvgIpc) is 2.82. The molecule has 1 amide bonds. The van der Waals surface area contributed by atoms with Crippen LogP contribution in [-0.2, 0) is 21.3 Å². The van der Waals surface area contributed by atoms with Gasteiger partial charge in [-0.05, 0) is 36.4 Å². The van der Waals surface area contributed by atoms with Crippen LogP contribution in [0.15, 0.2) is 42.5 Å². The van der Waals surface area contributed by atoms with E-state index in [1.54, 1.807) is 30.2 Å². The highest BCUT2D eigenvalue weighted by atomic mass is 19.4. The van der Waals surface area contributed by atoms with Crippen molar-refractivity contribution >= 4 is 5.91 Å². The van der Waals surface area contributed by atoms with Gasteiger partial charge in [0.05, 0.1) is 25.4 Å². The van der Waals surface area contributed by atoms with E-state index in [0.29, 0.717) is 55.2 Å². The fourth-order valence-corrected chi connectivity index (χ4v) is 4.12. The molecule has 2 saturated heterocycles. The molecule has 0 atom stereocenters. The van der Waals surface area contributed by atoms with Gasteiger partial charge in [-0.3, -0.25) is 4.79 Å². The Morgan fingerprint density at radius 2 is 1.80 bits per heavy atom. The van der Waals surface area contributed by atoms with Crippen LogP contribution in [0.5, 0.6) is 11.5 Å². The molecule has 0 bridgehead atoms. The Morgan fingerprint density at radius 3 is 2.37 bits per heavy atom. The number of aliphatic hydroxyl groups is 1. The van der Waals surface area contributed by atoms with E-state index in [0.717, 1.165) is 12.1 Å². The third-order valence-corrected chi connectivity index (χ3v) is 6.17. The van der Waals surface area contributed by atoms with Gasteiger partial charge in [0, 0.05) is 44.2 Å². The summed E-state index contributed by atoms with van der Waals surface area (Å²) in [5.74, 6) is 0.617. The maximum absolute atomic E-state index is 13.1. The average molecular weight is 495 g/mol. The second kappa shape index (κ2) is 10.4. The van der Waals surface area contributed by atoms with E-state index in [9.17, 15) is 23.1 Å². The number of amides is 1. The first-order valence-corrected chi connectivity index (χ1v) is 11.4. The van der Waals surface area contributed by atoms with E-state index in [4.69, 9.17) is 18.9 Å². The fourth-order valence-electron chi connectivity index (χ4n) is 4.12. The van der Waals surface area contributed by atoms with Gasteiger partial charge in [-0.25, -0.2) is 0 Å². The highest BCUT2D eigenvalue weighted by Crippen LogP contribution is 2.37. The lowest BCUT2D eigenvalue weighted by molar-refractivity contribution is -0.185. The van der Waals surface area contributed by atoms with Gasteiger partial charge in [-0.15, -0.1) is 0 Å². The lowest BCUT2D eigenvalue weighted by Crippen LogP contribution is -2.47. The van der Waals surface area contributed by atoms with E-state index >= 15 is 0 Å². The molecule has 0 aliphatic carbocycles. The van der Waals surface area contributed by atoms with E-state index < -0.39 is 17.3 Å². The van der Waals surface area contributed by atoms with Gasteiger partial charge in [0.15, 0.2) is 0 Å². The van der Waals surface area contributed by atoms with Crippen LogP contribution < -0.4 is 9.47 Å². The summed E-state index contributed by atoms with van der Waals surface area (Å²) >= 11 is 0. The van der Waals surface area contributed by atoms with Gasteiger partial charge >= 0.3 is 6.18 Å². The third kappa shape index (κ3) is 5.88. The molecular weight excluding hydrogens is 467 g/mol. The van der Waals surface area contributed by atoms with Gasteiger partial charge in [0.1, 0.15) is 29.8 Å². The minimum Gasteiger partial charge on any atom is -0.491 e. The second-order valence-corrected chi connectivity index (χ2v) is 8.71. The molecule has 2 aliphatic heterocycles. The summed E-state index contributed by atoms with van der Waals surface area (Å²) in [7, 11) is 1.56. The van der Waals surface area contributed by atoms with Crippen LogP contribution in [0.2, 0.25) is 0 Å². The molecule has 0 unspecified atom stereocenters. The first kappa shape index (κ1) is 25.3. The van der Waals surface area contributed by atoms with Crippen LogP contribution in [0.25, 0.3) is 0 Å². The third-order valence-electron chi connectivity index (χ3n) is 6.17. The minimum absolute atomic E-state index is 0.160. The van der Waals surface area contributed by atoms with E-state index in [2.05, 4.69) is 0 Å². The number of methoxy groups -OCH3 is 1. The molecule has 190 valence electrons. The molecule has 4 rings (SSSR count). The highest BCUT2D eigenvalue weighted by molar-refractivity contribution is 5.95. The van der Waals surface area contributed by atoms with Crippen LogP contribution in [0.3, 0.4) is 0 Å². The number of carbonyl (C=O) groups excluding carboxylic acids is 1. The Balaban J connectivity index is 1.37. The predicted octanol–water partition coefficient (Wildman–Crippen LogP) is 3.63. The number of hydrogen-bond acceptors (Lipinski definition) is 6. The number of ether oxygens (including phenoxy) is 4. The largest absolute Gasteiger partial charge is 0.491 e. The maximum atomic E-state index is 13.1. The fraction of sp³-hybridized carbons (Fsp3) is 0.480. The summed E-state index contributed by atoms with van der Waals surface area (Å²) < 4.78 is 60.0. The number of alkyl halides is 3. The highest BCUT2D eigenvalue weighted by Gasteiger charge is 2.40. The normalized spacial score (nSPS) is 18.1. The molecule has 2 heterocycles. The van der Waals surface area contributed by atoms with Crippen molar-refractivity contribution in [1.29, 1.82) is 0 Å². The summed E-state index contributed by atoms with van der Waals surface area (Å²) in [6.45, 7) is 1.84. The Kier molecular flexibility index (Phi) is 7.53. The van der Waals surface area contributed by atoms with Crippen molar-refractivity contribution in [3.8, 4) is 11.5 Å². The van der Waals surface area contributed by atoms with Crippen LogP contribution in [0, 0.1) is 0 Å². The zero-order chi connectivity index (χ0) is 25.1. The van der Waals surface area contributed by atoms with E-state index in [-0.39, 0.29) is 31.8 Å². The van der Waals surface area contributed by atoms with Crippen molar-refractivity contribution in [2.45, 2.75) is 30.7 Å². The quantitative estimate of drug-likeness (QED) is 0.564. The monoisotopic (exact) mass is 495 g/mol. The molecule has 2 aliphatic rings. The molecule has 0 spiro atoms. The van der Waals surface area contributed by atoms with Crippen molar-refractivity contribution in [2.24, 2.45) is 0 Å². The summed E-state index contributed by atoms with van der Waals surface area (Å²) in [5.41, 5.74) is -0.858. The number of nitrogens with zero attached hydrogens (tertiary/aromatic N) is 1. The van der Waals surface area contributed by atoms with Gasteiger partial charge in [-0.2, -0.15) is 13.2 Å². The Bertz CT molecular complexity index is 1010. The molecule has 0 aromatic heterocycles. The van der Waals surface area contributed by atoms with Crippen LogP contribution >= 0.6 is 0 Å². The lowest BCUT2D eigenvalue weighted by atomic mass is 9.90. The van der Waals surface area contributed by atoms with Crippen molar-refractivity contribution < 1.29 is 42.0 Å². The van der Waals surface area contributed by atoms with Crippen LogP contribution in [0.4, 0.5) is 13.2 Å². The number of halogens is 3. The van der Waals surface area contributed by atoms with Gasteiger partial charge < -0.3 is 29.0 Å². The summed E-state index contributed by atoms with van der Waals surface area (Å²) in [6, 6.07) is 9.61. The Hall–Kier alpha value is -2.82. The molecule has 0 saturated carbocycles. The maximum Gasteiger partial charge on any atom is 0.416 e. The molecule has 2 aromatic rings. The molecule has 10 heteroatoms. The van der Waals surface area contributed by atoms with Gasteiger partial charge in [-0.1, -0.05) is 6.07 Å². The first-order chi connectivity index (χ1) is 16.7. The second-order valence-electron chi connectivity index (χ2n) is 8.71. The van der Waals surface area contributed by atoms with Gasteiger partial charge in [0.25, 0.3) is 5.91 Å². The topological polar surface area (TPSA) is 77.5 Å². The van der Waals surface area contributed by atoms with Crippen LogP contribution in [-0.4, -0.2) is 68.6 Å². The molecule has 2 fully saturated rings. The summed E-state index contributed by atoms with van der Waals surface area (Å²) in [4.78, 5) is 14.8. The zero-order valence-electron chi connectivity index (χ0n) is 19.3. The van der Waals surface area contributed by atoms with Gasteiger partial charge in [0.2, 0.25) is 0 Å². The number of carbonyl (C=O) groups is 1. The number of benzene rings is 2. The molecule has 2 aromatic carbocycles. The van der Waals surface area contributed by atoms with Crippen molar-refractivity contribution in [2.75, 3.05) is 46.6 Å². The predicted molar refractivity (Wildman–Crippen MR) is 120 cm³/mol. The van der Waals surface area contributed by atoms with Crippen LogP contribution in [0.1, 0.15) is 34.3 Å². The molecule has 1 N–H and O–H groups in total. The zero-order valence-corrected chi connectivity index (χ0v) is 19.3. The Morgan fingerprint density at radius 1 is 1.11 bits per heavy atom. The smallest absolute Gasteiger partial charge is 0.416 e. The standard InChI is InChI=1S/C25H28F3NO6/c1-32-12-13-34-22-14-17(2-7-21(22)24(31)15-33-16-24)23(30)29-10-8-20(9-11-29)35-19-5-3-18(4-6-19)25(26,27)28/h2-7,14,20,31H,8-13,15-16H2,1H3. The first-order valence-electron chi connectivity index (χ1n) is 11.4. The van der Waals surface area contributed by atoms with E-state index in [1.165, 1.54) is 12.1 Å². The number of hydrogen-bond donors (Lipinski definition) is 1. The SMILES string of the molecule is COCCOc1cc(C(=O)N2CCC(Oc3ccc(C(F)(F)F)cc3)CC2)ccc1C1(O)COC1. The van der Waals surface area contributed by atoms with E-state index in [1.807, 2.05) is 0 Å². The lowest BCUT2D eigenvalue weighted by Gasteiger charge is -2.38. The van der Waals surface area contributed by atoms with Crippen molar-refractivity contribution in [3.63, 3.8) is 0 Å². The number of piperidine rings is 1.